The molecule has 0 spiro atoms. The molecule has 3 N–H and O–H groups in total. The lowest BCUT2D eigenvalue weighted by atomic mass is 9.88. The maximum atomic E-state index is 7.56. The van der Waals surface area contributed by atoms with Crippen LogP contribution in [0, 0.1) is 10.8 Å². The number of rotatable bonds is 9. The van der Waals surface area contributed by atoms with Crippen molar-refractivity contribution in [3.63, 3.8) is 0 Å². The average molecular weight is 242 g/mol. The van der Waals surface area contributed by atoms with Gasteiger partial charge in [0.1, 0.15) is 0 Å². The van der Waals surface area contributed by atoms with Gasteiger partial charge in [-0.05, 0) is 40.0 Å². The van der Waals surface area contributed by atoms with Crippen molar-refractivity contribution in [2.75, 3.05) is 40.3 Å². The number of likely N-dealkylation sites (N-methyl/N-ethyl adjacent to an activating group) is 1. The van der Waals surface area contributed by atoms with Crippen LogP contribution in [0.1, 0.15) is 33.6 Å². The van der Waals surface area contributed by atoms with Crippen LogP contribution in [0.25, 0.3) is 0 Å². The highest BCUT2D eigenvalue weighted by Gasteiger charge is 2.22. The van der Waals surface area contributed by atoms with Gasteiger partial charge in [-0.1, -0.05) is 20.8 Å². The van der Waals surface area contributed by atoms with Crippen LogP contribution in [-0.4, -0.2) is 55.9 Å². The normalized spacial score (nSPS) is 12.4. The number of nitrogens with one attached hydrogen (secondary N) is 1. The van der Waals surface area contributed by atoms with Crippen LogP contribution in [0.15, 0.2) is 0 Å². The van der Waals surface area contributed by atoms with Crippen LogP contribution in [0.3, 0.4) is 0 Å². The van der Waals surface area contributed by atoms with Gasteiger partial charge in [-0.25, -0.2) is 0 Å². The minimum atomic E-state index is -0.176. The Morgan fingerprint density at radius 1 is 1.12 bits per heavy atom. The monoisotopic (exact) mass is 242 g/mol. The molecular weight excluding hydrogens is 212 g/mol. The minimum absolute atomic E-state index is 0.176. The molecule has 4 heteroatoms. The Morgan fingerprint density at radius 2 is 1.71 bits per heavy atom. The molecule has 0 rings (SSSR count). The Labute approximate surface area is 107 Å². The summed E-state index contributed by atoms with van der Waals surface area (Å²) in [6.07, 6.45) is 2.13. The molecule has 0 saturated carbocycles. The maximum Gasteiger partial charge on any atom is 0.0963 e. The van der Waals surface area contributed by atoms with Crippen LogP contribution in [0.5, 0.6) is 0 Å². The highest BCUT2D eigenvalue weighted by molar-refractivity contribution is 5.82. The van der Waals surface area contributed by atoms with Crippen molar-refractivity contribution in [3.8, 4) is 0 Å². The molecule has 0 aliphatic carbocycles. The zero-order valence-corrected chi connectivity index (χ0v) is 12.2. The van der Waals surface area contributed by atoms with Gasteiger partial charge in [0.25, 0.3) is 0 Å². The van der Waals surface area contributed by atoms with Gasteiger partial charge < -0.3 is 15.5 Å². The second-order valence-electron chi connectivity index (χ2n) is 5.69. The summed E-state index contributed by atoms with van der Waals surface area (Å²) in [5.74, 6) is 0.293. The highest BCUT2D eigenvalue weighted by Crippen LogP contribution is 2.20. The maximum absolute atomic E-state index is 7.56. The van der Waals surface area contributed by atoms with Gasteiger partial charge in [-0.3, -0.25) is 5.41 Å². The Kier molecular flexibility index (Phi) is 7.39. The van der Waals surface area contributed by atoms with Crippen LogP contribution in [0.4, 0.5) is 0 Å². The molecule has 0 atom stereocenters. The molecule has 0 aromatic carbocycles. The van der Waals surface area contributed by atoms with Crippen LogP contribution < -0.4 is 5.73 Å². The van der Waals surface area contributed by atoms with Gasteiger partial charge in [-0.2, -0.15) is 0 Å². The molecule has 0 aromatic heterocycles. The smallest absolute Gasteiger partial charge is 0.0963 e. The lowest BCUT2D eigenvalue weighted by Crippen LogP contribution is -2.38. The summed E-state index contributed by atoms with van der Waals surface area (Å²) in [6, 6.07) is 0. The Balaban J connectivity index is 4.12. The van der Waals surface area contributed by atoms with Crippen molar-refractivity contribution < 1.29 is 0 Å². The molecule has 4 nitrogen and oxygen atoms in total. The topological polar surface area (TPSA) is 56.4 Å². The van der Waals surface area contributed by atoms with Crippen molar-refractivity contribution in [1.29, 1.82) is 5.41 Å². The zero-order chi connectivity index (χ0) is 13.5. The predicted molar refractivity (Wildman–Crippen MR) is 75.6 cm³/mol. The quantitative estimate of drug-likeness (QED) is 0.477. The minimum Gasteiger partial charge on any atom is -0.387 e. The molecule has 0 aliphatic rings. The fourth-order valence-corrected chi connectivity index (χ4v) is 1.57. The van der Waals surface area contributed by atoms with Crippen LogP contribution >= 0.6 is 0 Å². The summed E-state index contributed by atoms with van der Waals surface area (Å²) >= 11 is 0. The SMILES string of the molecule is CCCN(CCN(C)C)CCC(C)(C)C(=N)N. The van der Waals surface area contributed by atoms with Crippen LogP contribution in [-0.2, 0) is 0 Å². The lowest BCUT2D eigenvalue weighted by molar-refractivity contribution is 0.221. The van der Waals surface area contributed by atoms with Crippen molar-refractivity contribution >= 4 is 5.84 Å². The third-order valence-electron chi connectivity index (χ3n) is 3.19. The van der Waals surface area contributed by atoms with Crippen molar-refractivity contribution in [2.24, 2.45) is 11.1 Å². The molecule has 0 saturated heterocycles. The Morgan fingerprint density at radius 3 is 2.12 bits per heavy atom. The van der Waals surface area contributed by atoms with Gasteiger partial charge in [0.05, 0.1) is 5.84 Å². The van der Waals surface area contributed by atoms with E-state index in [1.54, 1.807) is 0 Å². The first-order chi connectivity index (χ1) is 7.79. The van der Waals surface area contributed by atoms with E-state index in [1.165, 1.54) is 6.42 Å². The Hall–Kier alpha value is -0.610. The molecular formula is C13H30N4. The number of amidine groups is 1. The summed E-state index contributed by atoms with van der Waals surface area (Å²) in [5, 5.41) is 7.56. The molecule has 0 amide bonds. The van der Waals surface area contributed by atoms with E-state index in [0.29, 0.717) is 5.84 Å². The standard InChI is InChI=1S/C13H30N4/c1-6-8-17(11-10-16(4)5)9-7-13(2,3)12(14)15/h6-11H2,1-5H3,(H3,14,15). The van der Waals surface area contributed by atoms with Gasteiger partial charge in [0.15, 0.2) is 0 Å². The number of nitrogens with two attached hydrogens (primary N) is 1. The molecule has 0 aliphatic heterocycles. The average Bonchev–Trinajstić information content (AvgIpc) is 2.21. The summed E-state index contributed by atoms with van der Waals surface area (Å²) in [7, 11) is 4.20. The highest BCUT2D eigenvalue weighted by atomic mass is 15.2. The fourth-order valence-electron chi connectivity index (χ4n) is 1.57. The van der Waals surface area contributed by atoms with E-state index in [1.807, 2.05) is 13.8 Å². The predicted octanol–water partition coefficient (Wildman–Crippen LogP) is 1.61. The lowest BCUT2D eigenvalue weighted by Gasteiger charge is -2.29. The van der Waals surface area contributed by atoms with E-state index >= 15 is 0 Å². The number of hydrogen-bond donors (Lipinski definition) is 2. The van der Waals surface area contributed by atoms with Crippen molar-refractivity contribution in [2.45, 2.75) is 33.6 Å². The van der Waals surface area contributed by atoms with E-state index in [4.69, 9.17) is 11.1 Å². The zero-order valence-electron chi connectivity index (χ0n) is 12.2. The van der Waals surface area contributed by atoms with E-state index in [-0.39, 0.29) is 5.41 Å². The van der Waals surface area contributed by atoms with Gasteiger partial charge in [-0.15, -0.1) is 0 Å². The van der Waals surface area contributed by atoms with Crippen molar-refractivity contribution in [3.05, 3.63) is 0 Å². The van der Waals surface area contributed by atoms with Gasteiger partial charge in [0, 0.05) is 18.5 Å². The largest absolute Gasteiger partial charge is 0.387 e. The molecule has 0 fully saturated rings. The summed E-state index contributed by atoms with van der Waals surface area (Å²) < 4.78 is 0. The van der Waals surface area contributed by atoms with E-state index in [0.717, 1.165) is 32.6 Å². The number of hydrogen-bond acceptors (Lipinski definition) is 3. The third kappa shape index (κ3) is 7.34. The number of nitrogens with zero attached hydrogens (tertiary/aromatic N) is 2. The second kappa shape index (κ2) is 7.67. The first-order valence-corrected chi connectivity index (χ1v) is 6.51. The first-order valence-electron chi connectivity index (χ1n) is 6.51. The summed E-state index contributed by atoms with van der Waals surface area (Å²) in [6.45, 7) is 10.6. The van der Waals surface area contributed by atoms with Gasteiger partial charge >= 0.3 is 0 Å². The summed E-state index contributed by atoms with van der Waals surface area (Å²) in [4.78, 5) is 4.67. The molecule has 0 aromatic rings. The molecule has 0 radical (unpaired) electrons. The first kappa shape index (κ1) is 16.4. The second-order valence-corrected chi connectivity index (χ2v) is 5.69. The van der Waals surface area contributed by atoms with E-state index in [9.17, 15) is 0 Å². The fraction of sp³-hybridized carbons (Fsp3) is 0.923. The molecule has 0 unspecified atom stereocenters. The summed E-state index contributed by atoms with van der Waals surface area (Å²) in [5.41, 5.74) is 5.43. The van der Waals surface area contributed by atoms with Gasteiger partial charge in [0.2, 0.25) is 0 Å². The molecule has 0 bridgehead atoms. The molecule has 0 heterocycles. The Bertz CT molecular complexity index is 223. The van der Waals surface area contributed by atoms with E-state index in [2.05, 4.69) is 30.8 Å². The van der Waals surface area contributed by atoms with Crippen LogP contribution in [0.2, 0.25) is 0 Å². The third-order valence-corrected chi connectivity index (χ3v) is 3.19. The van der Waals surface area contributed by atoms with Crippen molar-refractivity contribution in [1.82, 2.24) is 9.80 Å². The molecule has 102 valence electrons. The molecule has 17 heavy (non-hydrogen) atoms. The van der Waals surface area contributed by atoms with E-state index < -0.39 is 0 Å².